The van der Waals surface area contributed by atoms with Gasteiger partial charge in [-0.1, -0.05) is 6.07 Å². The Morgan fingerprint density at radius 3 is 2.71 bits per heavy atom. The molecule has 0 amide bonds. The zero-order valence-electron chi connectivity index (χ0n) is 12.5. The van der Waals surface area contributed by atoms with Crippen molar-refractivity contribution in [1.82, 2.24) is 5.32 Å². The van der Waals surface area contributed by atoms with Gasteiger partial charge in [-0.05, 0) is 56.6 Å². The first-order valence-electron chi connectivity index (χ1n) is 7.40. The average Bonchev–Trinajstić information content (AvgIpc) is 2.94. The zero-order chi connectivity index (χ0) is 14.7. The highest BCUT2D eigenvalue weighted by atomic mass is 32.1. The Morgan fingerprint density at radius 2 is 1.95 bits per heavy atom. The summed E-state index contributed by atoms with van der Waals surface area (Å²) in [4.78, 5) is 2.76. The van der Waals surface area contributed by atoms with Crippen LogP contribution in [-0.2, 0) is 6.42 Å². The van der Waals surface area contributed by atoms with E-state index in [1.165, 1.54) is 15.3 Å². The molecule has 2 aromatic rings. The van der Waals surface area contributed by atoms with Crippen molar-refractivity contribution in [2.75, 3.05) is 19.8 Å². The number of nitrogens with one attached hydrogen (secondary N) is 1. The first-order valence-corrected chi connectivity index (χ1v) is 8.22. The van der Waals surface area contributed by atoms with Crippen molar-refractivity contribution in [2.45, 2.75) is 26.3 Å². The van der Waals surface area contributed by atoms with Crippen molar-refractivity contribution < 1.29 is 9.47 Å². The molecule has 0 radical (unpaired) electrons. The van der Waals surface area contributed by atoms with Crippen LogP contribution >= 0.6 is 11.3 Å². The topological polar surface area (TPSA) is 30.5 Å². The van der Waals surface area contributed by atoms with E-state index in [9.17, 15) is 0 Å². The predicted octanol–water partition coefficient (Wildman–Crippen LogP) is 3.72. The largest absolute Gasteiger partial charge is 0.486 e. The Kier molecular flexibility index (Phi) is 4.46. The second kappa shape index (κ2) is 6.50. The molecule has 21 heavy (non-hydrogen) atoms. The minimum Gasteiger partial charge on any atom is -0.486 e. The number of rotatable bonds is 5. The quantitative estimate of drug-likeness (QED) is 0.913. The average molecular weight is 303 g/mol. The van der Waals surface area contributed by atoms with Gasteiger partial charge in [0.15, 0.2) is 11.5 Å². The molecule has 1 aliphatic heterocycles. The van der Waals surface area contributed by atoms with E-state index in [1.807, 2.05) is 17.4 Å². The number of hydrogen-bond acceptors (Lipinski definition) is 4. The molecule has 0 spiro atoms. The number of thiophene rings is 1. The third-order valence-corrected chi connectivity index (χ3v) is 4.84. The van der Waals surface area contributed by atoms with Crippen LogP contribution in [0, 0.1) is 6.92 Å². The molecule has 1 unspecified atom stereocenters. The molecule has 0 fully saturated rings. The summed E-state index contributed by atoms with van der Waals surface area (Å²) in [5.41, 5.74) is 1.28. The van der Waals surface area contributed by atoms with Crippen LogP contribution in [0.1, 0.15) is 28.3 Å². The highest BCUT2D eigenvalue weighted by Crippen LogP contribution is 2.30. The van der Waals surface area contributed by atoms with E-state index in [2.05, 4.69) is 43.4 Å². The van der Waals surface area contributed by atoms with Crippen LogP contribution in [0.25, 0.3) is 0 Å². The third-order valence-electron chi connectivity index (χ3n) is 3.66. The molecule has 0 bridgehead atoms. The molecule has 3 rings (SSSR count). The molecular weight excluding hydrogens is 282 g/mol. The Labute approximate surface area is 129 Å². The molecular formula is C17H21NO2S. The van der Waals surface area contributed by atoms with Crippen LogP contribution in [0.15, 0.2) is 30.3 Å². The minimum absolute atomic E-state index is 0.404. The predicted molar refractivity (Wildman–Crippen MR) is 86.6 cm³/mol. The molecule has 1 N–H and O–H groups in total. The number of aryl methyl sites for hydroxylation is 1. The summed E-state index contributed by atoms with van der Waals surface area (Å²) >= 11 is 1.86. The van der Waals surface area contributed by atoms with Crippen molar-refractivity contribution in [3.8, 4) is 11.5 Å². The van der Waals surface area contributed by atoms with Crippen LogP contribution in [0.3, 0.4) is 0 Å². The Bertz CT molecular complexity index is 609. The molecule has 0 saturated carbocycles. The van der Waals surface area contributed by atoms with E-state index in [1.54, 1.807) is 0 Å². The van der Waals surface area contributed by atoms with Crippen molar-refractivity contribution >= 4 is 11.3 Å². The maximum absolute atomic E-state index is 5.62. The monoisotopic (exact) mass is 303 g/mol. The lowest BCUT2D eigenvalue weighted by atomic mass is 10.1. The van der Waals surface area contributed by atoms with Crippen LogP contribution in [0.4, 0.5) is 0 Å². The first-order chi connectivity index (χ1) is 10.2. The van der Waals surface area contributed by atoms with E-state index in [4.69, 9.17) is 9.47 Å². The van der Waals surface area contributed by atoms with E-state index in [0.717, 1.165) is 24.5 Å². The standard InChI is InChI=1S/C17H21NO2S/c1-12-3-6-17(21-12)13(2)18-8-7-14-4-5-15-16(11-14)20-10-9-19-15/h3-6,11,13,18H,7-10H2,1-2H3. The first kappa shape index (κ1) is 14.4. The van der Waals surface area contributed by atoms with Crippen molar-refractivity contribution in [3.05, 3.63) is 45.6 Å². The van der Waals surface area contributed by atoms with E-state index in [-0.39, 0.29) is 0 Å². The van der Waals surface area contributed by atoms with Crippen LogP contribution in [0.2, 0.25) is 0 Å². The van der Waals surface area contributed by atoms with E-state index >= 15 is 0 Å². The van der Waals surface area contributed by atoms with Gasteiger partial charge >= 0.3 is 0 Å². The van der Waals surface area contributed by atoms with Gasteiger partial charge in [0, 0.05) is 15.8 Å². The van der Waals surface area contributed by atoms with Crippen LogP contribution in [0.5, 0.6) is 11.5 Å². The lowest BCUT2D eigenvalue weighted by molar-refractivity contribution is 0.171. The number of benzene rings is 1. The molecule has 2 heterocycles. The van der Waals surface area contributed by atoms with Crippen molar-refractivity contribution in [3.63, 3.8) is 0 Å². The van der Waals surface area contributed by atoms with Gasteiger partial charge in [-0.2, -0.15) is 0 Å². The van der Waals surface area contributed by atoms with Gasteiger partial charge in [-0.15, -0.1) is 11.3 Å². The fraction of sp³-hybridized carbons (Fsp3) is 0.412. The molecule has 1 aromatic heterocycles. The second-order valence-corrected chi connectivity index (χ2v) is 6.67. The number of fused-ring (bicyclic) bond motifs is 1. The normalized spacial score (nSPS) is 15.0. The van der Waals surface area contributed by atoms with Gasteiger partial charge in [0.1, 0.15) is 13.2 Å². The summed E-state index contributed by atoms with van der Waals surface area (Å²) in [5, 5.41) is 3.58. The Hall–Kier alpha value is -1.52. The summed E-state index contributed by atoms with van der Waals surface area (Å²) in [5.74, 6) is 1.74. The summed E-state index contributed by atoms with van der Waals surface area (Å²) in [6, 6.07) is 11.0. The van der Waals surface area contributed by atoms with E-state index in [0.29, 0.717) is 19.3 Å². The zero-order valence-corrected chi connectivity index (χ0v) is 13.3. The van der Waals surface area contributed by atoms with Gasteiger partial charge < -0.3 is 14.8 Å². The van der Waals surface area contributed by atoms with Gasteiger partial charge in [-0.3, -0.25) is 0 Å². The van der Waals surface area contributed by atoms with Gasteiger partial charge in [0.2, 0.25) is 0 Å². The van der Waals surface area contributed by atoms with Gasteiger partial charge in [0.25, 0.3) is 0 Å². The smallest absolute Gasteiger partial charge is 0.161 e. The van der Waals surface area contributed by atoms with Crippen molar-refractivity contribution in [2.24, 2.45) is 0 Å². The van der Waals surface area contributed by atoms with Gasteiger partial charge in [0.05, 0.1) is 0 Å². The lowest BCUT2D eigenvalue weighted by Crippen LogP contribution is -2.21. The molecule has 3 nitrogen and oxygen atoms in total. The molecule has 4 heteroatoms. The van der Waals surface area contributed by atoms with E-state index < -0.39 is 0 Å². The Morgan fingerprint density at radius 1 is 1.14 bits per heavy atom. The van der Waals surface area contributed by atoms with Gasteiger partial charge in [-0.25, -0.2) is 0 Å². The van der Waals surface area contributed by atoms with Crippen LogP contribution in [-0.4, -0.2) is 19.8 Å². The minimum atomic E-state index is 0.404. The Balaban J connectivity index is 1.53. The van der Waals surface area contributed by atoms with Crippen LogP contribution < -0.4 is 14.8 Å². The second-order valence-electron chi connectivity index (χ2n) is 5.35. The number of hydrogen-bond donors (Lipinski definition) is 1. The molecule has 0 aliphatic carbocycles. The maximum atomic E-state index is 5.62. The fourth-order valence-electron chi connectivity index (χ4n) is 2.46. The fourth-order valence-corrected chi connectivity index (χ4v) is 3.37. The highest BCUT2D eigenvalue weighted by molar-refractivity contribution is 7.12. The maximum Gasteiger partial charge on any atom is 0.161 e. The summed E-state index contributed by atoms with van der Waals surface area (Å²) in [7, 11) is 0. The molecule has 112 valence electrons. The summed E-state index contributed by atoms with van der Waals surface area (Å²) in [6.45, 7) is 6.61. The molecule has 1 aromatic carbocycles. The SMILES string of the molecule is Cc1ccc(C(C)NCCc2ccc3c(c2)OCCO3)s1. The number of ether oxygens (including phenoxy) is 2. The molecule has 0 saturated heterocycles. The summed E-state index contributed by atoms with van der Waals surface area (Å²) < 4.78 is 11.2. The molecule has 1 atom stereocenters. The lowest BCUT2D eigenvalue weighted by Gasteiger charge is -2.19. The summed E-state index contributed by atoms with van der Waals surface area (Å²) in [6.07, 6.45) is 0.991. The molecule has 1 aliphatic rings. The van der Waals surface area contributed by atoms with Crippen molar-refractivity contribution in [1.29, 1.82) is 0 Å². The third kappa shape index (κ3) is 3.57. The highest BCUT2D eigenvalue weighted by Gasteiger charge is 2.12.